The number of likely N-dealkylation sites (tertiary alicyclic amines) is 1. The number of nitrogens with zero attached hydrogens (tertiary/aromatic N) is 3. The van der Waals surface area contributed by atoms with Crippen LogP contribution in [0.4, 0.5) is 4.39 Å². The van der Waals surface area contributed by atoms with E-state index >= 15 is 0 Å². The highest BCUT2D eigenvalue weighted by molar-refractivity contribution is 5.97. The molecule has 0 unspecified atom stereocenters. The van der Waals surface area contributed by atoms with Gasteiger partial charge in [-0.25, -0.2) is 9.37 Å². The molecule has 0 aliphatic carbocycles. The molecular weight excluding hydrogens is 357 g/mol. The van der Waals surface area contributed by atoms with Crippen molar-refractivity contribution < 1.29 is 9.18 Å². The zero-order valence-corrected chi connectivity index (χ0v) is 15.8. The first-order chi connectivity index (χ1) is 13.5. The van der Waals surface area contributed by atoms with E-state index in [1.165, 1.54) is 10.6 Å². The molecule has 6 heteroatoms. The number of fused-ring (bicyclic) bond motifs is 1. The highest BCUT2D eigenvalue weighted by Gasteiger charge is 2.25. The second-order valence-corrected chi connectivity index (χ2v) is 7.46. The predicted molar refractivity (Wildman–Crippen MR) is 106 cm³/mol. The molecule has 2 aromatic heterocycles. The van der Waals surface area contributed by atoms with Gasteiger partial charge in [0.15, 0.2) is 0 Å². The molecule has 1 fully saturated rings. The summed E-state index contributed by atoms with van der Waals surface area (Å²) in [5, 5.41) is 0.687. The molecule has 144 valence electrons. The minimum Gasteiger partial charge on any atom is -0.338 e. The van der Waals surface area contributed by atoms with Crippen LogP contribution in [0.15, 0.2) is 53.5 Å². The number of hydrogen-bond donors (Lipinski definition) is 0. The summed E-state index contributed by atoms with van der Waals surface area (Å²) in [6.07, 6.45) is 3.61. The second-order valence-electron chi connectivity index (χ2n) is 7.46. The number of benzene rings is 1. The van der Waals surface area contributed by atoms with E-state index in [4.69, 9.17) is 0 Å². The maximum Gasteiger partial charge on any atom is 0.265 e. The number of aromatic nitrogens is 2. The van der Waals surface area contributed by atoms with Crippen LogP contribution in [-0.4, -0.2) is 33.4 Å². The molecule has 3 aromatic rings. The number of carbonyl (C=O) groups is 1. The van der Waals surface area contributed by atoms with E-state index in [0.717, 1.165) is 12.8 Å². The van der Waals surface area contributed by atoms with Crippen LogP contribution in [0, 0.1) is 11.7 Å². The fraction of sp³-hybridized carbons (Fsp3) is 0.318. The van der Waals surface area contributed by atoms with E-state index in [-0.39, 0.29) is 23.8 Å². The van der Waals surface area contributed by atoms with Gasteiger partial charge in [-0.05, 0) is 43.0 Å². The predicted octanol–water partition coefficient (Wildman–Crippen LogP) is 3.46. The van der Waals surface area contributed by atoms with Crippen LogP contribution in [0.2, 0.25) is 0 Å². The van der Waals surface area contributed by atoms with Crippen molar-refractivity contribution >= 4 is 16.9 Å². The molecule has 0 spiro atoms. The Hall–Kier alpha value is -3.02. The van der Waals surface area contributed by atoms with E-state index in [1.807, 2.05) is 6.07 Å². The van der Waals surface area contributed by atoms with Gasteiger partial charge in [-0.1, -0.05) is 25.1 Å². The molecule has 0 saturated carbocycles. The smallest absolute Gasteiger partial charge is 0.265 e. The first-order valence-corrected chi connectivity index (χ1v) is 9.56. The average Bonchev–Trinajstić information content (AvgIpc) is 2.71. The number of rotatable bonds is 3. The Morgan fingerprint density at radius 2 is 2.07 bits per heavy atom. The van der Waals surface area contributed by atoms with Crippen LogP contribution in [0.1, 0.15) is 35.7 Å². The van der Waals surface area contributed by atoms with Crippen molar-refractivity contribution in [1.29, 1.82) is 0 Å². The van der Waals surface area contributed by atoms with Gasteiger partial charge in [0.25, 0.3) is 11.5 Å². The number of pyridine rings is 2. The fourth-order valence-electron chi connectivity index (χ4n) is 3.85. The van der Waals surface area contributed by atoms with Crippen LogP contribution in [-0.2, 0) is 6.54 Å². The average molecular weight is 379 g/mol. The zero-order chi connectivity index (χ0) is 19.7. The van der Waals surface area contributed by atoms with Gasteiger partial charge < -0.3 is 4.90 Å². The van der Waals surface area contributed by atoms with Gasteiger partial charge in [0.1, 0.15) is 17.0 Å². The highest BCUT2D eigenvalue weighted by Crippen LogP contribution is 2.19. The number of piperidine rings is 1. The quantitative estimate of drug-likeness (QED) is 0.700. The normalized spacial score (nSPS) is 17.1. The lowest BCUT2D eigenvalue weighted by Crippen LogP contribution is -2.42. The number of carbonyl (C=O) groups excluding carboxylic acids is 1. The van der Waals surface area contributed by atoms with Crippen molar-refractivity contribution in [2.24, 2.45) is 5.92 Å². The van der Waals surface area contributed by atoms with Crippen LogP contribution >= 0.6 is 0 Å². The summed E-state index contributed by atoms with van der Waals surface area (Å²) >= 11 is 0. The van der Waals surface area contributed by atoms with Gasteiger partial charge in [0.2, 0.25) is 0 Å². The molecule has 1 saturated heterocycles. The van der Waals surface area contributed by atoms with Crippen molar-refractivity contribution in [2.45, 2.75) is 26.3 Å². The van der Waals surface area contributed by atoms with Gasteiger partial charge in [-0.3, -0.25) is 14.2 Å². The van der Waals surface area contributed by atoms with Crippen molar-refractivity contribution in [2.75, 3.05) is 13.1 Å². The summed E-state index contributed by atoms with van der Waals surface area (Å²) in [7, 11) is 0. The number of amides is 1. The van der Waals surface area contributed by atoms with E-state index in [2.05, 4.69) is 11.9 Å². The van der Waals surface area contributed by atoms with E-state index in [1.54, 1.807) is 41.4 Å². The third-order valence-electron chi connectivity index (χ3n) is 5.31. The maximum absolute atomic E-state index is 14.2. The SMILES string of the molecule is C[C@@H]1CCCN(C(=O)c2cc3cccnc3n(Cc3ccccc3F)c2=O)C1. The Balaban J connectivity index is 1.82. The lowest BCUT2D eigenvalue weighted by Gasteiger charge is -2.31. The van der Waals surface area contributed by atoms with Crippen molar-refractivity contribution in [3.63, 3.8) is 0 Å². The first kappa shape index (κ1) is 18.3. The largest absolute Gasteiger partial charge is 0.338 e. The lowest BCUT2D eigenvalue weighted by molar-refractivity contribution is 0.0681. The fourth-order valence-corrected chi connectivity index (χ4v) is 3.85. The summed E-state index contributed by atoms with van der Waals surface area (Å²) in [6.45, 7) is 3.44. The summed E-state index contributed by atoms with van der Waals surface area (Å²) in [5.74, 6) is -0.231. The van der Waals surface area contributed by atoms with Crippen LogP contribution in [0.5, 0.6) is 0 Å². The molecule has 1 aliphatic heterocycles. The first-order valence-electron chi connectivity index (χ1n) is 9.56. The van der Waals surface area contributed by atoms with Crippen LogP contribution in [0.3, 0.4) is 0 Å². The van der Waals surface area contributed by atoms with E-state index in [9.17, 15) is 14.0 Å². The summed E-state index contributed by atoms with van der Waals surface area (Å²) < 4.78 is 15.6. The van der Waals surface area contributed by atoms with Crippen LogP contribution < -0.4 is 5.56 Å². The highest BCUT2D eigenvalue weighted by atomic mass is 19.1. The standard InChI is InChI=1S/C22H22FN3O2/c1-15-6-5-11-25(13-15)21(27)18-12-16-8-4-10-24-20(16)26(22(18)28)14-17-7-2-3-9-19(17)23/h2-4,7-10,12,15H,5-6,11,13-14H2,1H3/t15-/m1/s1. The molecule has 1 aromatic carbocycles. The Kier molecular flexibility index (Phi) is 4.94. The van der Waals surface area contributed by atoms with Crippen LogP contribution in [0.25, 0.3) is 11.0 Å². The summed E-state index contributed by atoms with van der Waals surface area (Å²) in [5.41, 5.74) is 0.510. The molecule has 5 nitrogen and oxygen atoms in total. The maximum atomic E-state index is 14.2. The minimum absolute atomic E-state index is 0.0243. The second kappa shape index (κ2) is 7.54. The van der Waals surface area contributed by atoms with Crippen molar-refractivity contribution in [3.8, 4) is 0 Å². The van der Waals surface area contributed by atoms with Crippen molar-refractivity contribution in [1.82, 2.24) is 14.5 Å². The molecule has 28 heavy (non-hydrogen) atoms. The molecule has 1 amide bonds. The topological polar surface area (TPSA) is 55.2 Å². The monoisotopic (exact) mass is 379 g/mol. The van der Waals surface area contributed by atoms with Gasteiger partial charge in [-0.15, -0.1) is 0 Å². The molecule has 0 bridgehead atoms. The zero-order valence-electron chi connectivity index (χ0n) is 15.8. The summed E-state index contributed by atoms with van der Waals surface area (Å²) in [4.78, 5) is 32.4. The van der Waals surface area contributed by atoms with Gasteiger partial charge >= 0.3 is 0 Å². The number of halogens is 1. The Morgan fingerprint density at radius 3 is 2.86 bits per heavy atom. The Bertz CT molecular complexity index is 1090. The minimum atomic E-state index is -0.433. The molecular formula is C22H22FN3O2. The van der Waals surface area contributed by atoms with E-state index < -0.39 is 5.56 Å². The molecule has 3 heterocycles. The Labute approximate surface area is 162 Å². The number of hydrogen-bond acceptors (Lipinski definition) is 3. The Morgan fingerprint density at radius 1 is 1.25 bits per heavy atom. The molecule has 0 radical (unpaired) electrons. The van der Waals surface area contributed by atoms with Crippen molar-refractivity contribution in [3.05, 3.63) is 76.0 Å². The van der Waals surface area contributed by atoms with E-state index in [0.29, 0.717) is 35.6 Å². The third kappa shape index (κ3) is 3.42. The third-order valence-corrected chi connectivity index (χ3v) is 5.31. The lowest BCUT2D eigenvalue weighted by atomic mass is 9.99. The summed E-state index contributed by atoms with van der Waals surface area (Å²) in [6, 6.07) is 11.5. The van der Waals surface area contributed by atoms with Gasteiger partial charge in [-0.2, -0.15) is 0 Å². The molecule has 4 rings (SSSR count). The molecule has 1 aliphatic rings. The molecule has 0 N–H and O–H groups in total. The van der Waals surface area contributed by atoms with Gasteiger partial charge in [0.05, 0.1) is 6.54 Å². The van der Waals surface area contributed by atoms with Gasteiger partial charge in [0, 0.05) is 30.2 Å². The molecule has 1 atom stereocenters.